The summed E-state index contributed by atoms with van der Waals surface area (Å²) in [7, 11) is 0. The van der Waals surface area contributed by atoms with Crippen molar-refractivity contribution in [3.63, 3.8) is 0 Å². The summed E-state index contributed by atoms with van der Waals surface area (Å²) in [5.74, 6) is 0.0569. The molecule has 2 atom stereocenters. The number of carboxylic acid groups (broad SMARTS) is 1. The molecule has 0 saturated heterocycles. The molecule has 1 aliphatic rings. The van der Waals surface area contributed by atoms with Crippen molar-refractivity contribution in [2.45, 2.75) is 48.7 Å². The van der Waals surface area contributed by atoms with Crippen LogP contribution >= 0.6 is 31.9 Å². The van der Waals surface area contributed by atoms with E-state index in [2.05, 4.69) is 38.8 Å². The molecule has 2 unspecified atom stereocenters. The first kappa shape index (κ1) is 13.5. The summed E-state index contributed by atoms with van der Waals surface area (Å²) >= 11 is 7.14. The van der Waals surface area contributed by atoms with Crippen LogP contribution in [0.25, 0.3) is 0 Å². The van der Waals surface area contributed by atoms with Crippen LogP contribution in [0.1, 0.15) is 45.4 Å². The molecule has 88 valence electrons. The van der Waals surface area contributed by atoms with Crippen molar-refractivity contribution in [1.82, 2.24) is 0 Å². The summed E-state index contributed by atoms with van der Waals surface area (Å²) in [6.45, 7) is 2.20. The number of unbranched alkanes of at least 4 members (excludes halogenated alkanes) is 3. The molecule has 4 heteroatoms. The van der Waals surface area contributed by atoms with Gasteiger partial charge in [0.05, 0.1) is 9.65 Å². The van der Waals surface area contributed by atoms with Gasteiger partial charge in [-0.3, -0.25) is 4.79 Å². The first-order chi connectivity index (χ1) is 7.00. The molecule has 15 heavy (non-hydrogen) atoms. The summed E-state index contributed by atoms with van der Waals surface area (Å²) in [5.41, 5.74) is 0. The average Bonchev–Trinajstić information content (AvgIpc) is 2.62. The minimum absolute atomic E-state index is 0.0927. The number of halogens is 2. The van der Waals surface area contributed by atoms with Crippen LogP contribution in [0.15, 0.2) is 0 Å². The zero-order valence-corrected chi connectivity index (χ0v) is 12.2. The normalized spacial score (nSPS) is 27.7. The van der Waals surface area contributed by atoms with Crippen molar-refractivity contribution in [2.24, 2.45) is 11.8 Å². The van der Waals surface area contributed by atoms with Gasteiger partial charge >= 0.3 is 5.97 Å². The van der Waals surface area contributed by atoms with Gasteiger partial charge in [-0.25, -0.2) is 0 Å². The zero-order valence-electron chi connectivity index (χ0n) is 9.01. The van der Waals surface area contributed by atoms with Crippen molar-refractivity contribution >= 4 is 37.8 Å². The monoisotopic (exact) mass is 340 g/mol. The van der Waals surface area contributed by atoms with E-state index in [0.29, 0.717) is 5.92 Å². The van der Waals surface area contributed by atoms with E-state index in [-0.39, 0.29) is 15.6 Å². The Bertz CT molecular complexity index is 229. The maximum Gasteiger partial charge on any atom is 0.303 e. The smallest absolute Gasteiger partial charge is 0.303 e. The molecule has 0 bridgehead atoms. The molecule has 1 N–H and O–H groups in total. The van der Waals surface area contributed by atoms with Gasteiger partial charge in [-0.05, 0) is 18.3 Å². The summed E-state index contributed by atoms with van der Waals surface area (Å²) in [5, 5.41) is 8.74. The second-order valence-corrected chi connectivity index (χ2v) is 8.02. The predicted octanol–water partition coefficient (Wildman–Crippen LogP) is 4.16. The minimum Gasteiger partial charge on any atom is -0.481 e. The second kappa shape index (κ2) is 5.67. The van der Waals surface area contributed by atoms with Crippen LogP contribution in [0.5, 0.6) is 0 Å². The number of hydrogen-bond acceptors (Lipinski definition) is 1. The highest BCUT2D eigenvalue weighted by atomic mass is 79.9. The molecule has 0 aromatic rings. The van der Waals surface area contributed by atoms with Gasteiger partial charge in [0, 0.05) is 0 Å². The number of alkyl halides is 2. The van der Waals surface area contributed by atoms with E-state index in [9.17, 15) is 4.79 Å². The Labute approximate surface area is 108 Å². The van der Waals surface area contributed by atoms with Gasteiger partial charge in [0.2, 0.25) is 0 Å². The summed E-state index contributed by atoms with van der Waals surface area (Å²) in [4.78, 5) is 10.6. The van der Waals surface area contributed by atoms with Crippen molar-refractivity contribution in [3.8, 4) is 0 Å². The molecule has 1 aliphatic carbocycles. The quantitative estimate of drug-likeness (QED) is 0.557. The molecule has 0 spiro atoms. The first-order valence-corrected chi connectivity index (χ1v) is 7.18. The molecule has 0 aliphatic heterocycles. The average molecular weight is 342 g/mol. The van der Waals surface area contributed by atoms with E-state index in [1.54, 1.807) is 0 Å². The van der Waals surface area contributed by atoms with Crippen LogP contribution in [0.2, 0.25) is 0 Å². The largest absolute Gasteiger partial charge is 0.481 e. The fraction of sp³-hybridized carbons (Fsp3) is 0.909. The van der Waals surface area contributed by atoms with E-state index in [0.717, 1.165) is 6.42 Å². The lowest BCUT2D eigenvalue weighted by Gasteiger charge is -1.99. The lowest BCUT2D eigenvalue weighted by Crippen LogP contribution is -1.99. The maximum absolute atomic E-state index is 10.6. The van der Waals surface area contributed by atoms with Crippen LogP contribution < -0.4 is 0 Å². The van der Waals surface area contributed by atoms with Gasteiger partial charge in [-0.2, -0.15) is 0 Å². The van der Waals surface area contributed by atoms with Gasteiger partial charge in [0.15, 0.2) is 0 Å². The molecule has 1 rings (SSSR count). The molecule has 0 heterocycles. The van der Waals surface area contributed by atoms with Crippen molar-refractivity contribution < 1.29 is 9.90 Å². The third kappa shape index (κ3) is 3.74. The molecular weight excluding hydrogens is 324 g/mol. The number of hydrogen-bond donors (Lipinski definition) is 1. The van der Waals surface area contributed by atoms with E-state index in [1.165, 1.54) is 25.7 Å². The predicted molar refractivity (Wildman–Crippen MR) is 68.6 cm³/mol. The number of aliphatic carboxylic acids is 1. The molecular formula is C11H18Br2O2. The number of carboxylic acids is 1. The molecule has 1 fully saturated rings. The summed E-state index contributed by atoms with van der Waals surface area (Å²) in [6, 6.07) is 0. The number of rotatable bonds is 7. The molecule has 0 amide bonds. The molecule has 0 radical (unpaired) electrons. The Kier molecular flexibility index (Phi) is 5.10. The van der Waals surface area contributed by atoms with Gasteiger partial charge in [-0.1, -0.05) is 64.5 Å². The van der Waals surface area contributed by atoms with Gasteiger partial charge in [0.25, 0.3) is 0 Å². The number of carbonyl (C=O) groups is 1. The highest BCUT2D eigenvalue weighted by Crippen LogP contribution is 2.65. The Morgan fingerprint density at radius 2 is 1.93 bits per heavy atom. The minimum atomic E-state index is -0.695. The molecule has 0 aromatic heterocycles. The lowest BCUT2D eigenvalue weighted by molar-refractivity contribution is -0.137. The fourth-order valence-electron chi connectivity index (χ4n) is 2.11. The summed E-state index contributed by atoms with van der Waals surface area (Å²) in [6.07, 6.45) is 6.42. The van der Waals surface area contributed by atoms with E-state index >= 15 is 0 Å². The highest BCUT2D eigenvalue weighted by Gasteiger charge is 2.61. The van der Waals surface area contributed by atoms with E-state index in [1.807, 2.05) is 0 Å². The fourth-order valence-corrected chi connectivity index (χ4v) is 3.91. The van der Waals surface area contributed by atoms with Crippen LogP contribution in [-0.4, -0.2) is 14.3 Å². The Hall–Kier alpha value is 0.430. The Morgan fingerprint density at radius 3 is 2.47 bits per heavy atom. The van der Waals surface area contributed by atoms with Crippen LogP contribution in [0.4, 0.5) is 0 Å². The summed E-state index contributed by atoms with van der Waals surface area (Å²) < 4.78 is -0.0927. The zero-order chi connectivity index (χ0) is 11.5. The third-order valence-electron chi connectivity index (χ3n) is 3.13. The lowest BCUT2D eigenvalue weighted by atomic mass is 10.1. The van der Waals surface area contributed by atoms with Crippen LogP contribution in [0, 0.1) is 11.8 Å². The van der Waals surface area contributed by atoms with Crippen molar-refractivity contribution in [2.75, 3.05) is 0 Å². The SMILES string of the molecule is CCCCCCC1C(CC(=O)O)C1(Br)Br. The Morgan fingerprint density at radius 1 is 1.27 bits per heavy atom. The van der Waals surface area contributed by atoms with Crippen LogP contribution in [-0.2, 0) is 4.79 Å². The van der Waals surface area contributed by atoms with Crippen molar-refractivity contribution in [3.05, 3.63) is 0 Å². The van der Waals surface area contributed by atoms with Crippen molar-refractivity contribution in [1.29, 1.82) is 0 Å². The third-order valence-corrected chi connectivity index (χ3v) is 5.48. The van der Waals surface area contributed by atoms with Gasteiger partial charge < -0.3 is 5.11 Å². The van der Waals surface area contributed by atoms with Crippen LogP contribution in [0.3, 0.4) is 0 Å². The van der Waals surface area contributed by atoms with E-state index in [4.69, 9.17) is 5.11 Å². The van der Waals surface area contributed by atoms with Gasteiger partial charge in [0.1, 0.15) is 0 Å². The standard InChI is InChI=1S/C11H18Br2O2/c1-2-3-4-5-6-8-9(7-10(14)15)11(8,12)13/h8-9H,2-7H2,1H3,(H,14,15). The highest BCUT2D eigenvalue weighted by molar-refractivity contribution is 9.25. The molecule has 0 aromatic carbocycles. The second-order valence-electron chi connectivity index (χ2n) is 4.33. The molecule has 1 saturated carbocycles. The maximum atomic E-state index is 10.6. The Balaban J connectivity index is 2.22. The van der Waals surface area contributed by atoms with E-state index < -0.39 is 5.97 Å². The topological polar surface area (TPSA) is 37.3 Å². The van der Waals surface area contributed by atoms with Gasteiger partial charge in [-0.15, -0.1) is 0 Å². The first-order valence-electron chi connectivity index (χ1n) is 5.59. The molecule has 2 nitrogen and oxygen atoms in total.